The average Bonchev–Trinajstić information content (AvgIpc) is 3.32. The van der Waals surface area contributed by atoms with E-state index in [1.54, 1.807) is 42.7 Å². The zero-order valence-electron chi connectivity index (χ0n) is 15.2. The zero-order valence-corrected chi connectivity index (χ0v) is 16.9. The van der Waals surface area contributed by atoms with E-state index in [4.69, 9.17) is 9.15 Å². The molecule has 2 heterocycles. The van der Waals surface area contributed by atoms with Gasteiger partial charge in [0.25, 0.3) is 11.1 Å². The molecule has 0 saturated carbocycles. The van der Waals surface area contributed by atoms with Gasteiger partial charge >= 0.3 is 0 Å². The number of aromatic nitrogens is 2. The maximum absolute atomic E-state index is 12.3. The monoisotopic (exact) mass is 400 g/mol. The number of hydrogen-bond acceptors (Lipinski definition) is 7. The van der Waals surface area contributed by atoms with Crippen molar-refractivity contribution in [1.29, 1.82) is 0 Å². The number of thiophene rings is 1. The van der Waals surface area contributed by atoms with Crippen molar-refractivity contribution in [3.8, 4) is 16.5 Å². The number of thioether (sulfide) groups is 1. The van der Waals surface area contributed by atoms with Crippen molar-refractivity contribution < 1.29 is 13.9 Å². The van der Waals surface area contributed by atoms with Gasteiger partial charge in [-0.3, -0.25) is 4.79 Å². The molecule has 7 heteroatoms. The Labute approximate surface area is 166 Å². The minimum atomic E-state index is 0.0166. The van der Waals surface area contributed by atoms with Crippen LogP contribution in [0.1, 0.15) is 34.1 Å². The van der Waals surface area contributed by atoms with Gasteiger partial charge in [-0.05, 0) is 61.1 Å². The fourth-order valence-corrected chi connectivity index (χ4v) is 4.95. The van der Waals surface area contributed by atoms with Crippen LogP contribution >= 0.6 is 23.1 Å². The first kappa shape index (κ1) is 18.3. The maximum Gasteiger partial charge on any atom is 0.277 e. The molecule has 27 heavy (non-hydrogen) atoms. The molecule has 140 valence electrons. The normalized spacial score (nSPS) is 16.1. The number of ether oxygens (including phenoxy) is 1. The first-order valence-corrected chi connectivity index (χ1v) is 10.7. The molecule has 1 aliphatic rings. The third-order valence-corrected chi connectivity index (χ3v) is 6.73. The van der Waals surface area contributed by atoms with E-state index < -0.39 is 0 Å². The van der Waals surface area contributed by atoms with Crippen LogP contribution in [0.2, 0.25) is 0 Å². The number of nitrogens with zero attached hydrogens (tertiary/aromatic N) is 2. The van der Waals surface area contributed by atoms with Gasteiger partial charge in [0.2, 0.25) is 0 Å². The third kappa shape index (κ3) is 4.09. The number of rotatable bonds is 6. The van der Waals surface area contributed by atoms with Gasteiger partial charge in [-0.2, -0.15) is 0 Å². The highest BCUT2D eigenvalue weighted by atomic mass is 32.2. The second kappa shape index (κ2) is 7.86. The van der Waals surface area contributed by atoms with Crippen molar-refractivity contribution in [1.82, 2.24) is 10.2 Å². The van der Waals surface area contributed by atoms with Crippen molar-refractivity contribution in [3.63, 3.8) is 0 Å². The van der Waals surface area contributed by atoms with Gasteiger partial charge in [-0.1, -0.05) is 18.7 Å². The van der Waals surface area contributed by atoms with Crippen LogP contribution in [0.4, 0.5) is 0 Å². The number of fused-ring (bicyclic) bond motifs is 1. The molecule has 2 aromatic heterocycles. The molecule has 0 spiro atoms. The van der Waals surface area contributed by atoms with Crippen molar-refractivity contribution >= 4 is 28.9 Å². The summed E-state index contributed by atoms with van der Waals surface area (Å²) in [7, 11) is 1.60. The van der Waals surface area contributed by atoms with Gasteiger partial charge < -0.3 is 9.15 Å². The molecule has 0 radical (unpaired) electrons. The van der Waals surface area contributed by atoms with Crippen molar-refractivity contribution in [3.05, 3.63) is 46.3 Å². The standard InChI is InChI=1S/C20H20N2O3S2/c1-12-3-8-17-14(9-12)10-18(27-17)19-21-22-20(25-19)26-11-16(23)13-4-6-15(24-2)7-5-13/h4-7,10,12H,3,8-9,11H2,1-2H3/t12-/m1/s1. The van der Waals surface area contributed by atoms with Crippen LogP contribution < -0.4 is 4.74 Å². The summed E-state index contributed by atoms with van der Waals surface area (Å²) in [6.07, 6.45) is 3.50. The fraction of sp³-hybridized carbons (Fsp3) is 0.350. The number of aryl methyl sites for hydroxylation is 1. The summed E-state index contributed by atoms with van der Waals surface area (Å²) >= 11 is 3.01. The lowest BCUT2D eigenvalue weighted by Gasteiger charge is -2.16. The van der Waals surface area contributed by atoms with Gasteiger partial charge in [0.05, 0.1) is 17.7 Å². The average molecular weight is 401 g/mol. The summed E-state index contributed by atoms with van der Waals surface area (Å²) in [6, 6.07) is 9.26. The summed E-state index contributed by atoms with van der Waals surface area (Å²) < 4.78 is 10.9. The van der Waals surface area contributed by atoms with E-state index in [0.29, 0.717) is 16.7 Å². The van der Waals surface area contributed by atoms with E-state index in [2.05, 4.69) is 23.2 Å². The summed E-state index contributed by atoms with van der Waals surface area (Å²) in [5.41, 5.74) is 2.05. The Balaban J connectivity index is 1.40. The van der Waals surface area contributed by atoms with E-state index in [0.717, 1.165) is 29.4 Å². The van der Waals surface area contributed by atoms with Crippen molar-refractivity contribution in [2.75, 3.05) is 12.9 Å². The first-order valence-electron chi connectivity index (χ1n) is 8.88. The van der Waals surface area contributed by atoms with Gasteiger partial charge in [0, 0.05) is 10.4 Å². The highest BCUT2D eigenvalue weighted by molar-refractivity contribution is 7.99. The number of hydrogen-bond donors (Lipinski definition) is 0. The van der Waals surface area contributed by atoms with E-state index >= 15 is 0 Å². The number of methoxy groups -OCH3 is 1. The number of ketones is 1. The minimum absolute atomic E-state index is 0.0166. The SMILES string of the molecule is COc1ccc(C(=O)CSc2nnc(-c3cc4c(s3)CC[C@@H](C)C4)o2)cc1. The molecule has 0 aliphatic heterocycles. The number of Topliss-reactive ketones (excluding diaryl/α,β-unsaturated/α-hetero) is 1. The number of benzene rings is 1. The first-order chi connectivity index (χ1) is 13.1. The lowest BCUT2D eigenvalue weighted by molar-refractivity contribution is 0.102. The lowest BCUT2D eigenvalue weighted by Crippen LogP contribution is -2.07. The van der Waals surface area contributed by atoms with E-state index in [9.17, 15) is 4.79 Å². The third-order valence-electron chi connectivity index (χ3n) is 4.69. The highest BCUT2D eigenvalue weighted by Gasteiger charge is 2.21. The molecule has 5 nitrogen and oxygen atoms in total. The summed E-state index contributed by atoms with van der Waals surface area (Å²) in [6.45, 7) is 2.29. The van der Waals surface area contributed by atoms with Gasteiger partial charge in [-0.15, -0.1) is 21.5 Å². The van der Waals surface area contributed by atoms with E-state index in [1.165, 1.54) is 28.6 Å². The largest absolute Gasteiger partial charge is 0.497 e. The molecule has 0 amide bonds. The van der Waals surface area contributed by atoms with Crippen LogP contribution in [-0.4, -0.2) is 28.8 Å². The van der Waals surface area contributed by atoms with E-state index in [-0.39, 0.29) is 11.5 Å². The topological polar surface area (TPSA) is 65.2 Å². The van der Waals surface area contributed by atoms with Gasteiger partial charge in [0.15, 0.2) is 5.78 Å². The molecular weight excluding hydrogens is 380 g/mol. The van der Waals surface area contributed by atoms with Crippen LogP contribution in [-0.2, 0) is 12.8 Å². The van der Waals surface area contributed by atoms with Crippen LogP contribution in [0, 0.1) is 5.92 Å². The zero-order chi connectivity index (χ0) is 18.8. The maximum atomic E-state index is 12.3. The Morgan fingerprint density at radius 3 is 2.93 bits per heavy atom. The molecule has 3 aromatic rings. The lowest BCUT2D eigenvalue weighted by atomic mass is 9.90. The Kier molecular flexibility index (Phi) is 5.31. The summed E-state index contributed by atoms with van der Waals surface area (Å²) in [5, 5.41) is 8.68. The van der Waals surface area contributed by atoms with Crippen LogP contribution in [0.3, 0.4) is 0 Å². The van der Waals surface area contributed by atoms with E-state index in [1.807, 2.05) is 0 Å². The minimum Gasteiger partial charge on any atom is -0.497 e. The van der Waals surface area contributed by atoms with Crippen molar-refractivity contribution in [2.24, 2.45) is 5.92 Å². The van der Waals surface area contributed by atoms with Gasteiger partial charge in [0.1, 0.15) is 5.75 Å². The molecule has 4 rings (SSSR count). The Hall–Kier alpha value is -2.12. The molecule has 1 atom stereocenters. The number of carbonyl (C=O) groups excluding carboxylic acids is 1. The predicted octanol–water partition coefficient (Wildman–Crippen LogP) is 4.91. The smallest absolute Gasteiger partial charge is 0.277 e. The van der Waals surface area contributed by atoms with Crippen LogP contribution in [0.25, 0.3) is 10.8 Å². The number of carbonyl (C=O) groups is 1. The molecule has 0 N–H and O–H groups in total. The molecule has 1 aromatic carbocycles. The molecule has 0 saturated heterocycles. The Morgan fingerprint density at radius 1 is 1.33 bits per heavy atom. The highest BCUT2D eigenvalue weighted by Crippen LogP contribution is 2.37. The predicted molar refractivity (Wildman–Crippen MR) is 107 cm³/mol. The molecule has 0 fully saturated rings. The quantitative estimate of drug-likeness (QED) is 0.433. The van der Waals surface area contributed by atoms with Crippen LogP contribution in [0.5, 0.6) is 5.75 Å². The second-order valence-corrected chi connectivity index (χ2v) is 8.78. The van der Waals surface area contributed by atoms with Crippen LogP contribution in [0.15, 0.2) is 40.0 Å². The Bertz CT molecular complexity index is 947. The molecule has 0 unspecified atom stereocenters. The molecular formula is C20H20N2O3S2. The molecule has 1 aliphatic carbocycles. The fourth-order valence-electron chi connectivity index (χ4n) is 3.17. The van der Waals surface area contributed by atoms with Crippen molar-refractivity contribution in [2.45, 2.75) is 31.4 Å². The van der Waals surface area contributed by atoms with Gasteiger partial charge in [-0.25, -0.2) is 0 Å². The molecule has 0 bridgehead atoms. The second-order valence-electron chi connectivity index (χ2n) is 6.72. The summed E-state index contributed by atoms with van der Waals surface area (Å²) in [4.78, 5) is 14.8. The Morgan fingerprint density at radius 2 is 2.15 bits per heavy atom. The summed E-state index contributed by atoms with van der Waals surface area (Å²) in [5.74, 6) is 2.28.